The lowest BCUT2D eigenvalue weighted by atomic mass is 9.98. The molecule has 0 aromatic rings. The number of fused-ring (bicyclic) bond motifs is 16. The summed E-state index contributed by atoms with van der Waals surface area (Å²) in [7, 11) is 0. The average Bonchev–Trinajstić information content (AvgIpc) is 3.70. The van der Waals surface area contributed by atoms with Crippen molar-refractivity contribution in [3.8, 4) is 11.8 Å². The number of carbonyl (C=O) groups excluding carboxylic acids is 1. The molecule has 0 aromatic carbocycles. The van der Waals surface area contributed by atoms with Crippen LogP contribution in [0, 0.1) is 29.6 Å². The van der Waals surface area contributed by atoms with Crippen LogP contribution in [0.15, 0.2) is 0 Å². The summed E-state index contributed by atoms with van der Waals surface area (Å²) < 4.78 is 5.52. The first kappa shape index (κ1) is 38.0. The van der Waals surface area contributed by atoms with Crippen LogP contribution in [0.5, 0.6) is 0 Å². The van der Waals surface area contributed by atoms with Crippen LogP contribution < -0.4 is 53.6 Å². The van der Waals surface area contributed by atoms with Crippen molar-refractivity contribution in [1.82, 2.24) is 47.9 Å². The Balaban J connectivity index is 1.05. The van der Waals surface area contributed by atoms with Gasteiger partial charge in [0.1, 0.15) is 0 Å². The van der Waals surface area contributed by atoms with E-state index in [4.69, 9.17) is 22.7 Å². The van der Waals surface area contributed by atoms with Crippen molar-refractivity contribution < 1.29 is 9.53 Å². The minimum absolute atomic E-state index is 0.263. The highest BCUT2D eigenvalue weighted by molar-refractivity contribution is 7.80. The SMILES string of the molecule is NC12CNCCNCC(NC(=S)NCCCCCCCCNC(=O)OCC3[C@H]4CCC#CCC[C@@H]34)(CNCCNC1)CNCCNC2. The van der Waals surface area contributed by atoms with E-state index in [2.05, 4.69) is 59.7 Å². The number of nitrogens with two attached hydrogens (primary N) is 1. The van der Waals surface area contributed by atoms with Crippen molar-refractivity contribution in [3.63, 3.8) is 0 Å². The lowest BCUT2D eigenvalue weighted by molar-refractivity contribution is 0.137. The van der Waals surface area contributed by atoms with E-state index in [9.17, 15) is 4.79 Å². The summed E-state index contributed by atoms with van der Waals surface area (Å²) in [6, 6.07) is 0. The molecule has 4 fully saturated rings. The second-order valence-electron chi connectivity index (χ2n) is 14.2. The van der Waals surface area contributed by atoms with E-state index in [-0.39, 0.29) is 17.2 Å². The monoisotopic (exact) mass is 676 g/mol. The molecule has 1 unspecified atom stereocenters. The fourth-order valence-corrected chi connectivity index (χ4v) is 7.49. The lowest BCUT2D eigenvalue weighted by Crippen LogP contribution is -2.68. The van der Waals surface area contributed by atoms with E-state index in [1.165, 1.54) is 12.8 Å². The van der Waals surface area contributed by atoms with Gasteiger partial charge in [-0.05, 0) is 55.7 Å². The van der Waals surface area contributed by atoms with Crippen molar-refractivity contribution in [2.24, 2.45) is 23.5 Å². The molecule has 0 spiro atoms. The number of carbonyl (C=O) groups is 1. The van der Waals surface area contributed by atoms with Gasteiger partial charge in [0, 0.05) is 104 Å². The Labute approximate surface area is 289 Å². The molecule has 13 heteroatoms. The molecule has 5 rings (SSSR count). The summed E-state index contributed by atoms with van der Waals surface area (Å²) >= 11 is 5.79. The zero-order valence-electron chi connectivity index (χ0n) is 28.7. The predicted octanol–water partition coefficient (Wildman–Crippen LogP) is -0.0420. The standard InChI is InChI=1S/C34H64N10O2S/c35-33-22-36-15-18-39-25-34(26-40-19-16-37-23-33,27-41-20-17-38-24-33)44-31(47)42-13-9-5-1-2-6-10-14-43-32(45)46-21-30-28-11-7-3-4-8-12-29(28)30/h28-30,36-41H,1-2,5-27,35H2,(H,43,45)(H2,42,44,47)/t28-,29+,30?,33?,34?. The molecule has 3 saturated heterocycles. The first-order valence-corrected chi connectivity index (χ1v) is 18.9. The van der Waals surface area contributed by atoms with Crippen molar-refractivity contribution in [2.45, 2.75) is 75.3 Å². The number of hydrogen-bond acceptors (Lipinski definition) is 10. The lowest BCUT2D eigenvalue weighted by Gasteiger charge is -2.38. The van der Waals surface area contributed by atoms with Crippen molar-refractivity contribution in [2.75, 3.05) is 98.2 Å². The van der Waals surface area contributed by atoms with E-state index in [0.29, 0.717) is 36.0 Å². The van der Waals surface area contributed by atoms with Crippen LogP contribution in [0.2, 0.25) is 0 Å². The second-order valence-corrected chi connectivity index (χ2v) is 14.6. The van der Waals surface area contributed by atoms with Crippen molar-refractivity contribution >= 4 is 23.4 Å². The Hall–Kier alpha value is -1.76. The Morgan fingerprint density at radius 2 is 1.15 bits per heavy atom. The number of alkyl carbamates (subject to hydrolysis) is 1. The number of unbranched alkanes of at least 4 members (excludes halogenated alkanes) is 5. The van der Waals surface area contributed by atoms with E-state index < -0.39 is 0 Å². The van der Waals surface area contributed by atoms with E-state index in [1.54, 1.807) is 0 Å². The van der Waals surface area contributed by atoms with Gasteiger partial charge in [-0.15, -0.1) is 11.8 Å². The van der Waals surface area contributed by atoms with Crippen LogP contribution in [-0.2, 0) is 4.74 Å². The molecular weight excluding hydrogens is 613 g/mol. The minimum Gasteiger partial charge on any atom is -0.449 e. The smallest absolute Gasteiger partial charge is 0.407 e. The molecule has 3 heterocycles. The third-order valence-corrected chi connectivity index (χ3v) is 10.3. The Morgan fingerprint density at radius 1 is 0.702 bits per heavy atom. The van der Waals surface area contributed by atoms with Crippen LogP contribution in [0.4, 0.5) is 4.79 Å². The number of thiocarbonyl (C=S) groups is 1. The van der Waals surface area contributed by atoms with Crippen LogP contribution in [0.3, 0.4) is 0 Å². The van der Waals surface area contributed by atoms with Gasteiger partial charge in [0.05, 0.1) is 17.7 Å². The fourth-order valence-electron chi connectivity index (χ4n) is 7.17. The fraction of sp³-hybridized carbons (Fsp3) is 0.882. The third-order valence-electron chi connectivity index (χ3n) is 10.0. The molecular formula is C34H64N10O2S. The number of ether oxygens (including phenoxy) is 1. The normalized spacial score (nSPS) is 30.5. The zero-order chi connectivity index (χ0) is 33.0. The second kappa shape index (κ2) is 21.4. The van der Waals surface area contributed by atoms with E-state index >= 15 is 0 Å². The quantitative estimate of drug-likeness (QED) is 0.0765. The Morgan fingerprint density at radius 3 is 1.66 bits per heavy atom. The molecule has 3 aliphatic heterocycles. The minimum atomic E-state index is -0.323. The number of amides is 1. The molecule has 47 heavy (non-hydrogen) atoms. The van der Waals surface area contributed by atoms with Gasteiger partial charge >= 0.3 is 6.09 Å². The summed E-state index contributed by atoms with van der Waals surface area (Å²) in [4.78, 5) is 12.1. The van der Waals surface area contributed by atoms with Gasteiger partial charge in [0.15, 0.2) is 5.11 Å². The average molecular weight is 677 g/mol. The number of rotatable bonds is 12. The molecule has 2 aliphatic carbocycles. The number of hydrogen-bond donors (Lipinski definition) is 10. The molecule has 5 aliphatic rings. The molecule has 0 radical (unpaired) electrons. The van der Waals surface area contributed by atoms with Gasteiger partial charge in [-0.1, -0.05) is 25.7 Å². The van der Waals surface area contributed by atoms with E-state index in [0.717, 1.165) is 136 Å². The highest BCUT2D eigenvalue weighted by atomic mass is 32.1. The van der Waals surface area contributed by atoms with Gasteiger partial charge in [-0.2, -0.15) is 0 Å². The summed E-state index contributed by atoms with van der Waals surface area (Å²) in [6.45, 7) is 11.9. The highest BCUT2D eigenvalue weighted by Crippen LogP contribution is 2.52. The maximum absolute atomic E-state index is 12.1. The summed E-state index contributed by atoms with van der Waals surface area (Å²) in [5.74, 6) is 8.44. The first-order valence-electron chi connectivity index (χ1n) is 18.4. The molecule has 268 valence electrons. The van der Waals surface area contributed by atoms with E-state index in [1.807, 2.05) is 0 Å². The van der Waals surface area contributed by atoms with Gasteiger partial charge in [-0.25, -0.2) is 4.79 Å². The molecule has 2 bridgehead atoms. The highest BCUT2D eigenvalue weighted by Gasteiger charge is 2.49. The molecule has 0 aromatic heterocycles. The molecule has 11 N–H and O–H groups in total. The molecule has 12 nitrogen and oxygen atoms in total. The summed E-state index contributed by atoms with van der Waals surface area (Å²) in [5, 5.41) is 32.4. The Kier molecular flexibility index (Phi) is 17.3. The summed E-state index contributed by atoms with van der Waals surface area (Å²) in [5.41, 5.74) is 6.13. The zero-order valence-corrected chi connectivity index (χ0v) is 29.5. The largest absolute Gasteiger partial charge is 0.449 e. The predicted molar refractivity (Wildman–Crippen MR) is 194 cm³/mol. The summed E-state index contributed by atoms with van der Waals surface area (Å²) in [6.07, 6.45) is 10.7. The van der Waals surface area contributed by atoms with Crippen molar-refractivity contribution in [1.29, 1.82) is 0 Å². The molecule has 3 atom stereocenters. The van der Waals surface area contributed by atoms with Crippen molar-refractivity contribution in [3.05, 3.63) is 0 Å². The van der Waals surface area contributed by atoms with Gasteiger partial charge in [0.25, 0.3) is 0 Å². The number of nitrogens with one attached hydrogen (secondary N) is 9. The van der Waals surface area contributed by atoms with Gasteiger partial charge < -0.3 is 58.3 Å². The molecule has 1 amide bonds. The Bertz CT molecular complexity index is 930. The topological polar surface area (TPSA) is 161 Å². The van der Waals surface area contributed by atoms with Crippen LogP contribution in [-0.4, -0.2) is 121 Å². The molecule has 1 saturated carbocycles. The maximum Gasteiger partial charge on any atom is 0.407 e. The van der Waals surface area contributed by atoms with Gasteiger partial charge in [0.2, 0.25) is 0 Å². The van der Waals surface area contributed by atoms with Crippen LogP contribution in [0.1, 0.15) is 64.2 Å². The first-order chi connectivity index (χ1) is 23.0. The van der Waals surface area contributed by atoms with Crippen LogP contribution in [0.25, 0.3) is 0 Å². The van der Waals surface area contributed by atoms with Gasteiger partial charge in [-0.3, -0.25) is 0 Å². The maximum atomic E-state index is 12.1. The van der Waals surface area contributed by atoms with Crippen LogP contribution >= 0.6 is 12.2 Å². The third kappa shape index (κ3) is 14.7.